The van der Waals surface area contributed by atoms with Gasteiger partial charge in [0, 0.05) is 23.9 Å². The van der Waals surface area contributed by atoms with Crippen molar-refractivity contribution in [3.63, 3.8) is 0 Å². The van der Waals surface area contributed by atoms with Crippen molar-refractivity contribution in [1.82, 2.24) is 0 Å². The fourth-order valence-corrected chi connectivity index (χ4v) is 2.32. The molecule has 2 aromatic carbocycles. The third-order valence-corrected chi connectivity index (χ3v) is 3.74. The first kappa shape index (κ1) is 20.1. The Labute approximate surface area is 158 Å². The minimum atomic E-state index is -0.501. The molecule has 0 unspecified atom stereocenters. The third kappa shape index (κ3) is 5.91. The molecular formula is C20H24N2O5. The molecule has 0 aliphatic heterocycles. The van der Waals surface area contributed by atoms with Gasteiger partial charge in [0.2, 0.25) is 0 Å². The summed E-state index contributed by atoms with van der Waals surface area (Å²) in [7, 11) is 3.05. The fourth-order valence-electron chi connectivity index (χ4n) is 2.32. The lowest BCUT2D eigenvalue weighted by atomic mass is 10.2. The number of anilines is 2. The van der Waals surface area contributed by atoms with Gasteiger partial charge in [-0.3, -0.25) is 0 Å². The van der Waals surface area contributed by atoms with Gasteiger partial charge in [-0.15, -0.1) is 0 Å². The van der Waals surface area contributed by atoms with Crippen LogP contribution in [0.5, 0.6) is 11.5 Å². The number of rotatable bonds is 8. The van der Waals surface area contributed by atoms with E-state index in [1.165, 1.54) is 14.2 Å². The number of ether oxygens (including phenoxy) is 3. The van der Waals surface area contributed by atoms with Gasteiger partial charge in [-0.1, -0.05) is 25.5 Å². The Morgan fingerprint density at radius 1 is 0.963 bits per heavy atom. The molecule has 144 valence electrons. The monoisotopic (exact) mass is 372 g/mol. The number of hydrogen-bond donors (Lipinski definition) is 2. The summed E-state index contributed by atoms with van der Waals surface area (Å²) in [6.45, 7) is 2.36. The normalized spacial score (nSPS) is 10.0. The molecule has 0 aliphatic carbocycles. The van der Waals surface area contributed by atoms with E-state index in [0.29, 0.717) is 35.0 Å². The number of urea groups is 1. The number of hydrogen-bond acceptors (Lipinski definition) is 5. The molecule has 2 N–H and O–H groups in total. The maximum Gasteiger partial charge on any atom is 0.340 e. The van der Waals surface area contributed by atoms with E-state index in [-0.39, 0.29) is 0 Å². The van der Waals surface area contributed by atoms with Crippen molar-refractivity contribution < 1.29 is 23.8 Å². The first-order valence-corrected chi connectivity index (χ1v) is 8.64. The second kappa shape index (κ2) is 10.1. The average molecular weight is 372 g/mol. The molecule has 0 radical (unpaired) electrons. The summed E-state index contributed by atoms with van der Waals surface area (Å²) in [6.07, 6.45) is 1.72. The molecule has 0 bridgehead atoms. The molecule has 2 amide bonds. The van der Waals surface area contributed by atoms with Gasteiger partial charge in [-0.2, -0.15) is 0 Å². The Kier molecular flexibility index (Phi) is 7.49. The predicted octanol–water partition coefficient (Wildman–Crippen LogP) is 4.30. The molecular weight excluding hydrogens is 348 g/mol. The van der Waals surface area contributed by atoms with Crippen LogP contribution in [0.25, 0.3) is 0 Å². The number of methoxy groups -OCH3 is 2. The fraction of sp³-hybridized carbons (Fsp3) is 0.300. The third-order valence-electron chi connectivity index (χ3n) is 3.74. The van der Waals surface area contributed by atoms with Gasteiger partial charge in [-0.25, -0.2) is 9.59 Å². The van der Waals surface area contributed by atoms with E-state index in [4.69, 9.17) is 14.2 Å². The van der Waals surface area contributed by atoms with E-state index in [0.717, 1.165) is 12.8 Å². The van der Waals surface area contributed by atoms with Gasteiger partial charge in [0.1, 0.15) is 11.5 Å². The second-order valence-electron chi connectivity index (χ2n) is 5.72. The summed E-state index contributed by atoms with van der Waals surface area (Å²) >= 11 is 0. The van der Waals surface area contributed by atoms with E-state index in [1.54, 1.807) is 42.5 Å². The van der Waals surface area contributed by atoms with E-state index >= 15 is 0 Å². The van der Waals surface area contributed by atoms with Crippen molar-refractivity contribution in [2.75, 3.05) is 31.5 Å². The molecule has 2 aromatic rings. The molecule has 27 heavy (non-hydrogen) atoms. The smallest absolute Gasteiger partial charge is 0.340 e. The zero-order valence-electron chi connectivity index (χ0n) is 15.7. The lowest BCUT2D eigenvalue weighted by Crippen LogP contribution is -2.21. The maximum atomic E-state index is 12.4. The molecule has 2 rings (SSSR count). The summed E-state index contributed by atoms with van der Waals surface area (Å²) in [6, 6.07) is 11.2. The number of amides is 2. The van der Waals surface area contributed by atoms with E-state index in [2.05, 4.69) is 10.6 Å². The number of nitrogens with one attached hydrogen (secondary N) is 2. The van der Waals surface area contributed by atoms with E-state index in [1.807, 2.05) is 6.92 Å². The lowest BCUT2D eigenvalue weighted by Gasteiger charge is -2.13. The number of unbranched alkanes of at least 4 members (excludes halogenated alkanes) is 1. The van der Waals surface area contributed by atoms with Gasteiger partial charge >= 0.3 is 12.0 Å². The van der Waals surface area contributed by atoms with Gasteiger partial charge in [-0.05, 0) is 18.6 Å². The van der Waals surface area contributed by atoms with Crippen LogP contribution in [0.2, 0.25) is 0 Å². The van der Waals surface area contributed by atoms with Crippen LogP contribution in [0.3, 0.4) is 0 Å². The first-order chi connectivity index (χ1) is 13.1. The van der Waals surface area contributed by atoms with Crippen LogP contribution in [-0.4, -0.2) is 32.8 Å². The van der Waals surface area contributed by atoms with Crippen molar-refractivity contribution in [2.45, 2.75) is 19.8 Å². The molecule has 0 fully saturated rings. The zero-order valence-corrected chi connectivity index (χ0v) is 15.7. The van der Waals surface area contributed by atoms with Crippen molar-refractivity contribution in [2.24, 2.45) is 0 Å². The van der Waals surface area contributed by atoms with Crippen molar-refractivity contribution in [1.29, 1.82) is 0 Å². The average Bonchev–Trinajstić information content (AvgIpc) is 2.68. The summed E-state index contributed by atoms with van der Waals surface area (Å²) in [4.78, 5) is 24.6. The Bertz CT molecular complexity index is 769. The maximum absolute atomic E-state index is 12.4. The molecule has 0 atom stereocenters. The Morgan fingerprint density at radius 2 is 1.63 bits per heavy atom. The highest BCUT2D eigenvalue weighted by Gasteiger charge is 2.14. The summed E-state index contributed by atoms with van der Waals surface area (Å²) in [5.74, 6) is 0.622. The summed E-state index contributed by atoms with van der Waals surface area (Å²) in [5, 5.41) is 5.37. The topological polar surface area (TPSA) is 85.9 Å². The van der Waals surface area contributed by atoms with E-state index < -0.39 is 12.0 Å². The van der Waals surface area contributed by atoms with Gasteiger partial charge in [0.15, 0.2) is 0 Å². The molecule has 0 heterocycles. The second-order valence-corrected chi connectivity index (χ2v) is 5.72. The summed E-state index contributed by atoms with van der Waals surface area (Å²) < 4.78 is 15.6. The van der Waals surface area contributed by atoms with Gasteiger partial charge < -0.3 is 24.8 Å². The zero-order chi connectivity index (χ0) is 19.6. The van der Waals surface area contributed by atoms with Gasteiger partial charge in [0.25, 0.3) is 0 Å². The standard InChI is InChI=1S/C20H24N2O5/c1-4-5-10-27-19(23)17-8-6-7-9-18(17)22-20(24)21-14-11-15(25-2)13-16(12-14)26-3/h6-9,11-13H,4-5,10H2,1-3H3,(H2,21,22,24). The highest BCUT2D eigenvalue weighted by molar-refractivity contribution is 6.05. The molecule has 0 aliphatic rings. The van der Waals surface area contributed by atoms with Crippen molar-refractivity contribution in [3.05, 3.63) is 48.0 Å². The highest BCUT2D eigenvalue weighted by atomic mass is 16.5. The van der Waals surface area contributed by atoms with Crippen molar-refractivity contribution >= 4 is 23.4 Å². The van der Waals surface area contributed by atoms with Crippen LogP contribution in [-0.2, 0) is 4.74 Å². The Balaban J connectivity index is 2.09. The number of carbonyl (C=O) groups excluding carboxylic acids is 2. The molecule has 0 aromatic heterocycles. The predicted molar refractivity (Wildman–Crippen MR) is 104 cm³/mol. The SMILES string of the molecule is CCCCOC(=O)c1ccccc1NC(=O)Nc1cc(OC)cc(OC)c1. The molecule has 7 nitrogen and oxygen atoms in total. The van der Waals surface area contributed by atoms with Crippen LogP contribution in [0.4, 0.5) is 16.2 Å². The lowest BCUT2D eigenvalue weighted by molar-refractivity contribution is 0.0501. The molecule has 0 saturated heterocycles. The van der Waals surface area contributed by atoms with Gasteiger partial charge in [0.05, 0.1) is 32.1 Å². The minimum absolute atomic E-state index is 0.298. The number of benzene rings is 2. The Hall–Kier alpha value is -3.22. The largest absolute Gasteiger partial charge is 0.497 e. The molecule has 0 saturated carbocycles. The van der Waals surface area contributed by atoms with E-state index in [9.17, 15) is 9.59 Å². The molecule has 0 spiro atoms. The van der Waals surface area contributed by atoms with Crippen LogP contribution in [0.15, 0.2) is 42.5 Å². The number of carbonyl (C=O) groups is 2. The number of para-hydroxylation sites is 1. The Morgan fingerprint density at radius 3 is 2.26 bits per heavy atom. The van der Waals surface area contributed by atoms with Crippen LogP contribution >= 0.6 is 0 Å². The highest BCUT2D eigenvalue weighted by Crippen LogP contribution is 2.26. The van der Waals surface area contributed by atoms with Crippen molar-refractivity contribution in [3.8, 4) is 11.5 Å². The number of esters is 1. The van der Waals surface area contributed by atoms with Crippen LogP contribution in [0, 0.1) is 0 Å². The van der Waals surface area contributed by atoms with Crippen LogP contribution in [0.1, 0.15) is 30.1 Å². The summed E-state index contributed by atoms with van der Waals surface area (Å²) in [5.41, 5.74) is 1.16. The quantitative estimate of drug-likeness (QED) is 0.533. The molecule has 7 heteroatoms. The van der Waals surface area contributed by atoms with Crippen LogP contribution < -0.4 is 20.1 Å². The first-order valence-electron chi connectivity index (χ1n) is 8.64. The minimum Gasteiger partial charge on any atom is -0.497 e.